The van der Waals surface area contributed by atoms with Gasteiger partial charge in [-0.1, -0.05) is 55.4 Å². The van der Waals surface area contributed by atoms with Crippen LogP contribution < -0.4 is 0 Å². The SMILES string of the molecule is CC(C)(C=O)CC(C)(C)CC(C)(C)CC(C)(C)C=O. The molecule has 0 amide bonds. The molecule has 0 saturated carbocycles. The summed E-state index contributed by atoms with van der Waals surface area (Å²) in [6.45, 7) is 16.8. The zero-order valence-electron chi connectivity index (χ0n) is 14.1. The molecule has 2 nitrogen and oxygen atoms in total. The molecule has 0 N–H and O–H groups in total. The first-order valence-electron chi connectivity index (χ1n) is 7.17. The lowest BCUT2D eigenvalue weighted by atomic mass is 9.64. The molecule has 0 aromatic carbocycles. The van der Waals surface area contributed by atoms with Crippen LogP contribution in [-0.4, -0.2) is 12.6 Å². The van der Waals surface area contributed by atoms with E-state index in [0.29, 0.717) is 0 Å². The Bertz CT molecular complexity index is 290. The molecule has 0 aromatic rings. The summed E-state index contributed by atoms with van der Waals surface area (Å²) in [5.41, 5.74) is -0.376. The fourth-order valence-electron chi connectivity index (χ4n) is 3.97. The van der Waals surface area contributed by atoms with Crippen LogP contribution in [0.4, 0.5) is 0 Å². The van der Waals surface area contributed by atoms with Crippen LogP contribution in [0.3, 0.4) is 0 Å². The van der Waals surface area contributed by atoms with Crippen LogP contribution in [0.2, 0.25) is 0 Å². The second kappa shape index (κ2) is 5.76. The summed E-state index contributed by atoms with van der Waals surface area (Å²) in [7, 11) is 0. The standard InChI is InChI=1S/C17H32O2/c1-14(2,10-16(5,6)12-18)9-15(3,4)11-17(7,8)13-19/h12-13H,9-11H2,1-8H3. The van der Waals surface area contributed by atoms with E-state index in [9.17, 15) is 9.59 Å². The smallest absolute Gasteiger partial charge is 0.125 e. The molecule has 2 heteroatoms. The van der Waals surface area contributed by atoms with Crippen LogP contribution in [0.5, 0.6) is 0 Å². The van der Waals surface area contributed by atoms with Gasteiger partial charge in [0.15, 0.2) is 0 Å². The fourth-order valence-corrected chi connectivity index (χ4v) is 3.97. The molecule has 112 valence electrons. The van der Waals surface area contributed by atoms with E-state index in [1.807, 2.05) is 27.7 Å². The van der Waals surface area contributed by atoms with Gasteiger partial charge in [0, 0.05) is 10.8 Å². The highest BCUT2D eigenvalue weighted by molar-refractivity contribution is 5.58. The van der Waals surface area contributed by atoms with Crippen molar-refractivity contribution >= 4 is 12.6 Å². The van der Waals surface area contributed by atoms with E-state index in [1.54, 1.807) is 0 Å². The molecule has 0 rings (SSSR count). The third kappa shape index (κ3) is 7.49. The summed E-state index contributed by atoms with van der Waals surface area (Å²) in [5, 5.41) is 0. The molecular formula is C17H32O2. The van der Waals surface area contributed by atoms with Crippen molar-refractivity contribution in [1.82, 2.24) is 0 Å². The van der Waals surface area contributed by atoms with Gasteiger partial charge in [-0.2, -0.15) is 0 Å². The summed E-state index contributed by atoms with van der Waals surface area (Å²) in [6, 6.07) is 0. The molecule has 0 saturated heterocycles. The first-order chi connectivity index (χ1) is 8.24. The molecule has 0 spiro atoms. The number of carbonyl (C=O) groups excluding carboxylic acids is 2. The van der Waals surface area contributed by atoms with Crippen molar-refractivity contribution in [1.29, 1.82) is 0 Å². The van der Waals surface area contributed by atoms with Crippen molar-refractivity contribution in [3.8, 4) is 0 Å². The number of hydrogen-bond acceptors (Lipinski definition) is 2. The quantitative estimate of drug-likeness (QED) is 0.600. The minimum Gasteiger partial charge on any atom is -0.303 e. The van der Waals surface area contributed by atoms with Gasteiger partial charge in [0.2, 0.25) is 0 Å². The molecule has 0 fully saturated rings. The van der Waals surface area contributed by atoms with E-state index < -0.39 is 0 Å². The minimum atomic E-state index is -0.278. The van der Waals surface area contributed by atoms with Crippen LogP contribution in [0.1, 0.15) is 74.7 Å². The maximum atomic E-state index is 11.1. The average Bonchev–Trinajstić information content (AvgIpc) is 2.12. The van der Waals surface area contributed by atoms with Gasteiger partial charge in [0.05, 0.1) is 0 Å². The van der Waals surface area contributed by atoms with Gasteiger partial charge < -0.3 is 9.59 Å². The maximum Gasteiger partial charge on any atom is 0.125 e. The van der Waals surface area contributed by atoms with Crippen molar-refractivity contribution in [3.63, 3.8) is 0 Å². The Morgan fingerprint density at radius 2 is 0.842 bits per heavy atom. The van der Waals surface area contributed by atoms with Crippen LogP contribution >= 0.6 is 0 Å². The van der Waals surface area contributed by atoms with E-state index in [0.717, 1.165) is 31.8 Å². The van der Waals surface area contributed by atoms with E-state index >= 15 is 0 Å². The van der Waals surface area contributed by atoms with E-state index in [1.165, 1.54) is 0 Å². The van der Waals surface area contributed by atoms with E-state index in [4.69, 9.17) is 0 Å². The maximum absolute atomic E-state index is 11.1. The predicted molar refractivity (Wildman–Crippen MR) is 81.1 cm³/mol. The summed E-state index contributed by atoms with van der Waals surface area (Å²) < 4.78 is 0. The third-order valence-electron chi connectivity index (χ3n) is 3.46. The Kier molecular flexibility index (Phi) is 5.56. The van der Waals surface area contributed by atoms with Gasteiger partial charge >= 0.3 is 0 Å². The van der Waals surface area contributed by atoms with Gasteiger partial charge in [0.25, 0.3) is 0 Å². The van der Waals surface area contributed by atoms with Crippen LogP contribution in [0.25, 0.3) is 0 Å². The highest BCUT2D eigenvalue weighted by Crippen LogP contribution is 2.45. The van der Waals surface area contributed by atoms with Crippen LogP contribution in [0.15, 0.2) is 0 Å². The highest BCUT2D eigenvalue weighted by atomic mass is 16.1. The first-order valence-corrected chi connectivity index (χ1v) is 7.17. The second-order valence-corrected chi connectivity index (χ2v) is 9.07. The number of carbonyl (C=O) groups is 2. The summed E-state index contributed by atoms with van der Waals surface area (Å²) in [4.78, 5) is 22.2. The summed E-state index contributed by atoms with van der Waals surface area (Å²) in [6.07, 6.45) is 4.85. The molecule has 0 aliphatic heterocycles. The zero-order valence-corrected chi connectivity index (χ0v) is 14.1. The van der Waals surface area contributed by atoms with Gasteiger partial charge in [-0.3, -0.25) is 0 Å². The largest absolute Gasteiger partial charge is 0.303 e. The zero-order chi connectivity index (χ0) is 15.5. The van der Waals surface area contributed by atoms with Gasteiger partial charge in [-0.05, 0) is 30.1 Å². The van der Waals surface area contributed by atoms with Crippen LogP contribution in [-0.2, 0) is 9.59 Å². The summed E-state index contributed by atoms with van der Waals surface area (Å²) in [5.74, 6) is 0. The lowest BCUT2D eigenvalue weighted by Crippen LogP contribution is -2.32. The lowest BCUT2D eigenvalue weighted by Gasteiger charge is -2.40. The van der Waals surface area contributed by atoms with Gasteiger partial charge in [-0.15, -0.1) is 0 Å². The van der Waals surface area contributed by atoms with Gasteiger partial charge in [0.1, 0.15) is 12.6 Å². The van der Waals surface area contributed by atoms with E-state index in [-0.39, 0.29) is 21.7 Å². The molecule has 0 aliphatic rings. The number of hydrogen-bond donors (Lipinski definition) is 0. The molecule has 0 unspecified atom stereocenters. The molecule has 0 atom stereocenters. The van der Waals surface area contributed by atoms with Crippen molar-refractivity contribution in [3.05, 3.63) is 0 Å². The normalized spacial score (nSPS) is 14.3. The lowest BCUT2D eigenvalue weighted by molar-refractivity contribution is -0.116. The Hall–Kier alpha value is -0.660. The Balaban J connectivity index is 4.81. The van der Waals surface area contributed by atoms with Gasteiger partial charge in [-0.25, -0.2) is 0 Å². The molecule has 0 radical (unpaired) electrons. The Morgan fingerprint density at radius 1 is 0.579 bits per heavy atom. The molecule has 19 heavy (non-hydrogen) atoms. The average molecular weight is 268 g/mol. The highest BCUT2D eigenvalue weighted by Gasteiger charge is 2.36. The monoisotopic (exact) mass is 268 g/mol. The van der Waals surface area contributed by atoms with E-state index in [2.05, 4.69) is 27.7 Å². The topological polar surface area (TPSA) is 34.1 Å². The van der Waals surface area contributed by atoms with Crippen molar-refractivity contribution in [2.24, 2.45) is 21.7 Å². The molecule has 0 bridgehead atoms. The van der Waals surface area contributed by atoms with Crippen LogP contribution in [0, 0.1) is 21.7 Å². The second-order valence-electron chi connectivity index (χ2n) is 9.07. The van der Waals surface area contributed by atoms with Crippen molar-refractivity contribution in [2.75, 3.05) is 0 Å². The Labute approximate surface area is 119 Å². The first kappa shape index (κ1) is 18.3. The molecule has 0 aromatic heterocycles. The van der Waals surface area contributed by atoms with Crippen molar-refractivity contribution < 1.29 is 9.59 Å². The molecular weight excluding hydrogens is 236 g/mol. The number of rotatable bonds is 8. The summed E-state index contributed by atoms with van der Waals surface area (Å²) >= 11 is 0. The third-order valence-corrected chi connectivity index (χ3v) is 3.46. The van der Waals surface area contributed by atoms with Crippen molar-refractivity contribution in [2.45, 2.75) is 74.7 Å². The fraction of sp³-hybridized carbons (Fsp3) is 0.882. The predicted octanol–water partition coefficient (Wildman–Crippen LogP) is 4.66. The minimum absolute atomic E-state index is 0.0902. The molecule has 0 aliphatic carbocycles. The number of aldehydes is 2. The Morgan fingerprint density at radius 3 is 1.05 bits per heavy atom. The molecule has 0 heterocycles.